The van der Waals surface area contributed by atoms with E-state index in [0.717, 1.165) is 11.8 Å². The molecule has 64 heavy (non-hydrogen) atoms. The molecule has 3 rings (SSSR count). The van der Waals surface area contributed by atoms with Crippen molar-refractivity contribution in [2.45, 2.75) is 144 Å². The number of amides is 7. The molecule has 362 valence electrons. The fraction of sp³-hybridized carbons (Fsp3) is 0.763. The van der Waals surface area contributed by atoms with Crippen LogP contribution in [0.15, 0.2) is 4.99 Å². The van der Waals surface area contributed by atoms with Gasteiger partial charge in [0.05, 0.1) is 31.2 Å². The number of carbonyl (C=O) groups is 8. The molecule has 0 aromatic rings. The van der Waals surface area contributed by atoms with Gasteiger partial charge >= 0.3 is 5.97 Å². The summed E-state index contributed by atoms with van der Waals surface area (Å²) >= 11 is 1.14. The molecule has 0 aromatic carbocycles. The zero-order valence-corrected chi connectivity index (χ0v) is 37.1. The van der Waals surface area contributed by atoms with E-state index in [1.165, 1.54) is 30.6 Å². The van der Waals surface area contributed by atoms with E-state index in [9.17, 15) is 58.8 Å². The Balaban J connectivity index is 1.86. The van der Waals surface area contributed by atoms with Gasteiger partial charge in [-0.3, -0.25) is 43.3 Å². The van der Waals surface area contributed by atoms with Gasteiger partial charge in [0, 0.05) is 33.2 Å². The summed E-state index contributed by atoms with van der Waals surface area (Å²) in [6.07, 6.45) is -4.33. The smallest absolute Gasteiger partial charge is 0.305 e. The van der Waals surface area contributed by atoms with Crippen molar-refractivity contribution in [1.82, 2.24) is 31.1 Å². The quantitative estimate of drug-likeness (QED) is 0.0244. The number of ether oxygens (including phenoxy) is 2. The maximum atomic E-state index is 14.3. The fourth-order valence-electron chi connectivity index (χ4n) is 7.65. The fourth-order valence-corrected chi connectivity index (χ4v) is 8.83. The van der Waals surface area contributed by atoms with Crippen LogP contribution in [0.4, 0.5) is 0 Å². The number of carboxylic acids is 1. The molecule has 26 heteroatoms. The Morgan fingerprint density at radius 2 is 1.52 bits per heavy atom. The summed E-state index contributed by atoms with van der Waals surface area (Å²) in [6.45, 7) is 3.88. The van der Waals surface area contributed by atoms with Crippen LogP contribution in [0, 0.1) is 0 Å². The molecule has 12 atom stereocenters. The lowest BCUT2D eigenvalue weighted by Gasteiger charge is -2.42. The Kier molecular flexibility index (Phi) is 21.4. The number of nitrogens with two attached hydrogens (primary N) is 4. The Hall–Kier alpha value is -4.86. The summed E-state index contributed by atoms with van der Waals surface area (Å²) in [7, 11) is 0. The number of nitrogens with one attached hydrogen (secondary N) is 4. The lowest BCUT2D eigenvalue weighted by atomic mass is 9.98. The number of guanidine groups is 1. The number of hydrogen-bond acceptors (Lipinski definition) is 16. The highest BCUT2D eigenvalue weighted by atomic mass is 32.2. The van der Waals surface area contributed by atoms with Crippen molar-refractivity contribution in [1.29, 1.82) is 0 Å². The lowest BCUT2D eigenvalue weighted by Crippen LogP contribution is -2.63. The summed E-state index contributed by atoms with van der Waals surface area (Å²) in [5.41, 5.74) is 21.4. The van der Waals surface area contributed by atoms with Crippen molar-refractivity contribution in [3.8, 4) is 0 Å². The first-order valence-electron chi connectivity index (χ1n) is 21.1. The third-order valence-corrected chi connectivity index (χ3v) is 12.2. The number of carboxylic acid groups (broad SMARTS) is 1. The Bertz CT molecular complexity index is 1690. The summed E-state index contributed by atoms with van der Waals surface area (Å²) < 4.78 is 11.7. The molecule has 0 aromatic heterocycles. The number of likely N-dealkylation sites (tertiary alicyclic amines) is 2. The van der Waals surface area contributed by atoms with E-state index in [1.54, 1.807) is 0 Å². The highest BCUT2D eigenvalue weighted by Crippen LogP contribution is 2.29. The maximum Gasteiger partial charge on any atom is 0.305 e. The van der Waals surface area contributed by atoms with Gasteiger partial charge in [0.25, 0.3) is 0 Å². The van der Waals surface area contributed by atoms with E-state index in [4.69, 9.17) is 32.4 Å². The standard InChI is InChI=1S/C38H65N11O14S/c1-18(39)35(60)49-13-6-10-24(49)33(58)46-22(16-26(52)53)32(57)47-27(19(2)62-14-7-15-64-37-28(44-20(3)51)30(55)29(54)25(17-50)63-37)34(59)45-21(8-4-11-43-38(41)42)36(61)48-12-5-9-23(48)31(40)56/h18-19,21-25,27-30,37,50,54-55H,4-17,39H2,1-3H3,(H2,40,56)(H,44,51)(H,45,59)(H,46,58)(H,47,57)(H,52,53)(H4,41,42,43)/t18-,19?,21-,22-,23-,24-,25+,27-,28+,29-,30+,37+/m0/s1. The Morgan fingerprint density at radius 1 is 0.875 bits per heavy atom. The molecule has 1 unspecified atom stereocenters. The van der Waals surface area contributed by atoms with Gasteiger partial charge in [0.15, 0.2) is 5.96 Å². The molecule has 3 saturated heterocycles. The summed E-state index contributed by atoms with van der Waals surface area (Å²) in [5.74, 6) is -6.68. The van der Waals surface area contributed by atoms with Crippen LogP contribution < -0.4 is 44.2 Å². The van der Waals surface area contributed by atoms with Gasteiger partial charge in [-0.25, -0.2) is 0 Å². The molecular weight excluding hydrogens is 867 g/mol. The van der Waals surface area contributed by atoms with E-state index < -0.39 is 132 Å². The second-order valence-corrected chi connectivity index (χ2v) is 17.2. The van der Waals surface area contributed by atoms with Crippen LogP contribution in [0.5, 0.6) is 0 Å². The number of carbonyl (C=O) groups excluding carboxylic acids is 7. The molecule has 0 saturated carbocycles. The number of hydrogen-bond donors (Lipinski definition) is 12. The van der Waals surface area contributed by atoms with Crippen LogP contribution in [0.3, 0.4) is 0 Å². The number of primary amides is 1. The van der Waals surface area contributed by atoms with Crippen LogP contribution in [0.2, 0.25) is 0 Å². The monoisotopic (exact) mass is 931 g/mol. The number of aliphatic carboxylic acids is 1. The van der Waals surface area contributed by atoms with Gasteiger partial charge < -0.3 is 83.9 Å². The second kappa shape index (κ2) is 25.6. The van der Waals surface area contributed by atoms with Crippen LogP contribution in [-0.2, 0) is 47.8 Å². The van der Waals surface area contributed by atoms with Crippen LogP contribution in [0.25, 0.3) is 0 Å². The summed E-state index contributed by atoms with van der Waals surface area (Å²) in [5, 5.41) is 50.5. The molecular formula is C38H65N11O14S. The highest BCUT2D eigenvalue weighted by Gasteiger charge is 2.45. The Morgan fingerprint density at radius 3 is 2.09 bits per heavy atom. The van der Waals surface area contributed by atoms with Crippen LogP contribution in [-0.4, -0.2) is 194 Å². The first kappa shape index (κ1) is 53.5. The first-order chi connectivity index (χ1) is 30.2. The minimum Gasteiger partial charge on any atom is -0.481 e. The average molecular weight is 932 g/mol. The molecule has 0 radical (unpaired) electrons. The number of aliphatic imine (C=N–C) groups is 1. The van der Waals surface area contributed by atoms with E-state index in [2.05, 4.69) is 26.3 Å². The molecule has 3 aliphatic heterocycles. The summed E-state index contributed by atoms with van der Waals surface area (Å²) in [6, 6.07) is -8.62. The minimum absolute atomic E-state index is 0.0300. The lowest BCUT2D eigenvalue weighted by molar-refractivity contribution is -0.173. The van der Waals surface area contributed by atoms with Crippen molar-refractivity contribution < 1.29 is 68.3 Å². The normalized spacial score (nSPS) is 25.5. The van der Waals surface area contributed by atoms with Gasteiger partial charge in [0.1, 0.15) is 54.0 Å². The zero-order chi connectivity index (χ0) is 47.8. The second-order valence-electron chi connectivity index (χ2n) is 16.0. The number of thioether (sulfide) groups is 1. The number of nitrogens with zero attached hydrogens (tertiary/aromatic N) is 3. The average Bonchev–Trinajstić information content (AvgIpc) is 3.93. The van der Waals surface area contributed by atoms with E-state index in [0.29, 0.717) is 19.3 Å². The molecule has 7 amide bonds. The van der Waals surface area contributed by atoms with Crippen molar-refractivity contribution >= 4 is 65.0 Å². The third-order valence-electron chi connectivity index (χ3n) is 10.9. The van der Waals surface area contributed by atoms with Gasteiger partial charge in [-0.15, -0.1) is 11.8 Å². The largest absolute Gasteiger partial charge is 0.481 e. The van der Waals surface area contributed by atoms with E-state index >= 15 is 0 Å². The third kappa shape index (κ3) is 15.4. The minimum atomic E-state index is -1.75. The van der Waals surface area contributed by atoms with Crippen LogP contribution in [0.1, 0.15) is 72.1 Å². The first-order valence-corrected chi connectivity index (χ1v) is 22.2. The predicted octanol–water partition coefficient (Wildman–Crippen LogP) is -5.74. The zero-order valence-electron chi connectivity index (χ0n) is 36.3. The van der Waals surface area contributed by atoms with Gasteiger partial charge in [0.2, 0.25) is 41.4 Å². The van der Waals surface area contributed by atoms with Gasteiger partial charge in [-0.1, -0.05) is 0 Å². The van der Waals surface area contributed by atoms with Crippen molar-refractivity contribution in [3.05, 3.63) is 0 Å². The molecule has 16 N–H and O–H groups in total. The molecule has 0 spiro atoms. The molecule has 3 fully saturated rings. The van der Waals surface area contributed by atoms with Crippen molar-refractivity contribution in [3.63, 3.8) is 0 Å². The van der Waals surface area contributed by atoms with Gasteiger partial charge in [-0.05, 0) is 64.5 Å². The summed E-state index contributed by atoms with van der Waals surface area (Å²) in [4.78, 5) is 111. The molecule has 3 aliphatic rings. The topological polar surface area (TPSA) is 407 Å². The SMILES string of the molecule is CC(=O)N[C@@H]1[C@@H](O)[C@@H](O)[C@@H](CO)O[C@@H]1SCCCOC(C)[C@H](NC(=O)[C@H](CC(=O)O)NC(=O)[C@@H]1CCCN1C(=O)[C@H](C)N)C(=O)N[C@@H](CCCN=C(N)N)C(=O)N1CCC[C@H]1C(N)=O. The van der Waals surface area contributed by atoms with Crippen molar-refractivity contribution in [2.75, 3.05) is 38.6 Å². The number of aliphatic hydroxyl groups is 3. The molecule has 3 heterocycles. The maximum absolute atomic E-state index is 14.3. The Labute approximate surface area is 374 Å². The van der Waals surface area contributed by atoms with Crippen LogP contribution >= 0.6 is 11.8 Å². The molecule has 0 aliphatic carbocycles. The predicted molar refractivity (Wildman–Crippen MR) is 228 cm³/mol. The molecule has 25 nitrogen and oxygen atoms in total. The number of rotatable bonds is 24. The highest BCUT2D eigenvalue weighted by molar-refractivity contribution is 7.99. The number of aliphatic hydroxyl groups excluding tert-OH is 3. The van der Waals surface area contributed by atoms with Gasteiger partial charge in [-0.2, -0.15) is 0 Å². The molecule has 0 bridgehead atoms. The van der Waals surface area contributed by atoms with Crippen molar-refractivity contribution in [2.24, 2.45) is 27.9 Å². The van der Waals surface area contributed by atoms with E-state index in [1.807, 2.05) is 0 Å². The van der Waals surface area contributed by atoms with E-state index in [-0.39, 0.29) is 63.6 Å².